The Hall–Kier alpha value is -3.11. The van der Waals surface area contributed by atoms with Crippen molar-refractivity contribution in [3.8, 4) is 5.75 Å². The van der Waals surface area contributed by atoms with Crippen LogP contribution in [0.5, 0.6) is 5.75 Å². The summed E-state index contributed by atoms with van der Waals surface area (Å²) in [7, 11) is -2.32. The number of nitrogens with zero attached hydrogens (tertiary/aromatic N) is 1. The van der Waals surface area contributed by atoms with Gasteiger partial charge in [-0.25, -0.2) is 8.42 Å². The number of benzene rings is 3. The summed E-state index contributed by atoms with van der Waals surface area (Å²) in [6, 6.07) is 20.2. The number of ether oxygens (including phenoxy) is 2. The number of nitrogens with one attached hydrogen (secondary N) is 2. The quantitative estimate of drug-likeness (QED) is 0.435. The Bertz CT molecular complexity index is 1290. The molecular weight excluding hydrogens is 502 g/mol. The van der Waals surface area contributed by atoms with Crippen molar-refractivity contribution in [1.29, 1.82) is 0 Å². The van der Waals surface area contributed by atoms with Gasteiger partial charge in [-0.1, -0.05) is 41.9 Å². The van der Waals surface area contributed by atoms with E-state index in [9.17, 15) is 13.2 Å². The van der Waals surface area contributed by atoms with E-state index in [1.165, 1.54) is 12.1 Å². The minimum Gasteiger partial charge on any atom is -0.497 e. The van der Waals surface area contributed by atoms with Crippen molar-refractivity contribution in [3.05, 3.63) is 88.9 Å². The van der Waals surface area contributed by atoms with Crippen LogP contribution in [0.4, 0.5) is 5.69 Å². The van der Waals surface area contributed by atoms with Crippen molar-refractivity contribution in [1.82, 2.24) is 10.2 Å². The molecule has 3 aromatic rings. The lowest BCUT2D eigenvalue weighted by Crippen LogP contribution is -2.43. The normalized spacial score (nSPS) is 15.2. The molecule has 1 heterocycles. The summed E-state index contributed by atoms with van der Waals surface area (Å²) in [5, 5.41) is 3.25. The molecule has 1 amide bonds. The second kappa shape index (κ2) is 11.7. The van der Waals surface area contributed by atoms with Gasteiger partial charge in [0.2, 0.25) is 0 Å². The zero-order valence-electron chi connectivity index (χ0n) is 19.8. The summed E-state index contributed by atoms with van der Waals surface area (Å²) in [4.78, 5) is 15.3. The van der Waals surface area contributed by atoms with Gasteiger partial charge in [-0.05, 0) is 48.0 Å². The average molecular weight is 530 g/mol. The van der Waals surface area contributed by atoms with E-state index in [0.717, 1.165) is 24.4 Å². The van der Waals surface area contributed by atoms with E-state index in [4.69, 9.17) is 21.1 Å². The molecule has 2 N–H and O–H groups in total. The van der Waals surface area contributed by atoms with Gasteiger partial charge >= 0.3 is 0 Å². The highest BCUT2D eigenvalue weighted by atomic mass is 35.5. The average Bonchev–Trinajstić information content (AvgIpc) is 2.91. The zero-order valence-corrected chi connectivity index (χ0v) is 21.4. The molecule has 0 unspecified atom stereocenters. The number of halogens is 1. The van der Waals surface area contributed by atoms with Crippen molar-refractivity contribution in [2.45, 2.75) is 10.9 Å². The van der Waals surface area contributed by atoms with Crippen LogP contribution >= 0.6 is 11.6 Å². The van der Waals surface area contributed by atoms with Crippen molar-refractivity contribution < 1.29 is 22.7 Å². The fourth-order valence-corrected chi connectivity index (χ4v) is 5.38. The van der Waals surface area contributed by atoms with Crippen molar-refractivity contribution in [2.75, 3.05) is 44.7 Å². The molecule has 0 spiro atoms. The minimum atomic E-state index is -3.94. The van der Waals surface area contributed by atoms with Crippen LogP contribution in [0.1, 0.15) is 22.0 Å². The van der Waals surface area contributed by atoms with Gasteiger partial charge in [0.25, 0.3) is 15.9 Å². The molecule has 4 rings (SSSR count). The fourth-order valence-electron chi connectivity index (χ4n) is 4.02. The molecule has 8 nitrogen and oxygen atoms in total. The lowest BCUT2D eigenvalue weighted by Gasteiger charge is -2.35. The van der Waals surface area contributed by atoms with E-state index < -0.39 is 10.0 Å². The number of carbonyl (C=O) groups is 1. The van der Waals surface area contributed by atoms with E-state index in [2.05, 4.69) is 14.9 Å². The molecule has 0 radical (unpaired) electrons. The van der Waals surface area contributed by atoms with Crippen molar-refractivity contribution in [2.24, 2.45) is 0 Å². The maximum atomic E-state index is 13.0. The molecule has 1 aliphatic heterocycles. The number of para-hydroxylation sites is 1. The molecule has 1 fully saturated rings. The number of anilines is 1. The van der Waals surface area contributed by atoms with Gasteiger partial charge in [0.15, 0.2) is 0 Å². The summed E-state index contributed by atoms with van der Waals surface area (Å²) in [5.74, 6) is 0.392. The largest absolute Gasteiger partial charge is 0.497 e. The molecule has 0 aliphatic carbocycles. The Morgan fingerprint density at radius 2 is 1.78 bits per heavy atom. The minimum absolute atomic E-state index is 0.0325. The molecule has 0 aromatic heterocycles. The maximum absolute atomic E-state index is 13.0. The Kier molecular flexibility index (Phi) is 8.48. The second-order valence-electron chi connectivity index (χ2n) is 8.26. The molecule has 36 heavy (non-hydrogen) atoms. The number of amides is 1. The molecule has 0 bridgehead atoms. The number of carbonyl (C=O) groups excluding carboxylic acids is 1. The van der Waals surface area contributed by atoms with Crippen LogP contribution < -0.4 is 14.8 Å². The Labute approximate surface area is 216 Å². The summed E-state index contributed by atoms with van der Waals surface area (Å²) in [5.41, 5.74) is 1.55. The summed E-state index contributed by atoms with van der Waals surface area (Å²) >= 11 is 6.09. The Balaban J connectivity index is 1.49. The smallest absolute Gasteiger partial charge is 0.261 e. The van der Waals surface area contributed by atoms with Gasteiger partial charge in [-0.3, -0.25) is 14.4 Å². The first kappa shape index (κ1) is 26.0. The fraction of sp³-hybridized carbons (Fsp3) is 0.269. The zero-order chi connectivity index (χ0) is 25.5. The first-order chi connectivity index (χ1) is 17.4. The van der Waals surface area contributed by atoms with Crippen LogP contribution in [0.3, 0.4) is 0 Å². The molecule has 1 aliphatic rings. The van der Waals surface area contributed by atoms with Crippen LogP contribution in [0.15, 0.2) is 77.7 Å². The highest BCUT2D eigenvalue weighted by Gasteiger charge is 2.24. The van der Waals surface area contributed by atoms with Gasteiger partial charge < -0.3 is 14.8 Å². The third-order valence-electron chi connectivity index (χ3n) is 5.97. The third-order valence-corrected chi connectivity index (χ3v) is 7.66. The number of methoxy groups -OCH3 is 1. The number of rotatable bonds is 9. The third kappa shape index (κ3) is 6.36. The van der Waals surface area contributed by atoms with E-state index in [0.29, 0.717) is 19.8 Å². The predicted octanol–water partition coefficient (Wildman–Crippen LogP) is 3.95. The lowest BCUT2D eigenvalue weighted by atomic mass is 10.0. The molecule has 1 saturated heterocycles. The SMILES string of the molecule is COc1ccc([C@H](CNC(=O)c2cccc(S(=O)(=O)Nc3ccccc3Cl)c2)N2CCOCC2)cc1. The van der Waals surface area contributed by atoms with E-state index in [-0.39, 0.29) is 33.1 Å². The van der Waals surface area contributed by atoms with Crippen LogP contribution in [0.25, 0.3) is 0 Å². The lowest BCUT2D eigenvalue weighted by molar-refractivity contribution is 0.0162. The van der Waals surface area contributed by atoms with E-state index in [1.54, 1.807) is 43.5 Å². The predicted molar refractivity (Wildman–Crippen MR) is 139 cm³/mol. The number of sulfonamides is 1. The van der Waals surface area contributed by atoms with Gasteiger partial charge in [-0.15, -0.1) is 0 Å². The maximum Gasteiger partial charge on any atom is 0.261 e. The Morgan fingerprint density at radius 3 is 2.47 bits per heavy atom. The van der Waals surface area contributed by atoms with Crippen LogP contribution in [0.2, 0.25) is 5.02 Å². The van der Waals surface area contributed by atoms with Crippen molar-refractivity contribution in [3.63, 3.8) is 0 Å². The number of hydrogen-bond acceptors (Lipinski definition) is 6. The van der Waals surface area contributed by atoms with E-state index in [1.807, 2.05) is 24.3 Å². The molecule has 1 atom stereocenters. The standard InChI is InChI=1S/C26H28ClN3O5S/c1-34-21-11-9-19(10-12-21)25(30-13-15-35-16-14-30)18-28-26(31)20-5-4-6-22(17-20)36(32,33)29-24-8-3-2-7-23(24)27/h2-12,17,25,29H,13-16,18H2,1H3,(H,28,31)/t25-/m0/s1. The topological polar surface area (TPSA) is 97.0 Å². The molecule has 10 heteroatoms. The first-order valence-corrected chi connectivity index (χ1v) is 13.3. The van der Waals surface area contributed by atoms with Gasteiger partial charge in [0.05, 0.1) is 42.0 Å². The molecule has 3 aromatic carbocycles. The number of hydrogen-bond donors (Lipinski definition) is 2. The summed E-state index contributed by atoms with van der Waals surface area (Å²) < 4.78 is 39.0. The van der Waals surface area contributed by atoms with E-state index >= 15 is 0 Å². The van der Waals surface area contributed by atoms with Gasteiger partial charge in [-0.2, -0.15) is 0 Å². The Morgan fingerprint density at radius 1 is 1.06 bits per heavy atom. The highest BCUT2D eigenvalue weighted by molar-refractivity contribution is 7.92. The van der Waals surface area contributed by atoms with Gasteiger partial charge in [0.1, 0.15) is 5.75 Å². The molecule has 0 saturated carbocycles. The number of morpholine rings is 1. The first-order valence-electron chi connectivity index (χ1n) is 11.5. The molecule has 190 valence electrons. The summed E-state index contributed by atoms with van der Waals surface area (Å²) in [6.45, 7) is 3.08. The molecular formula is C26H28ClN3O5S. The van der Waals surface area contributed by atoms with Crippen LogP contribution in [-0.2, 0) is 14.8 Å². The monoisotopic (exact) mass is 529 g/mol. The summed E-state index contributed by atoms with van der Waals surface area (Å²) in [6.07, 6.45) is 0. The van der Waals surface area contributed by atoms with Gasteiger partial charge in [0, 0.05) is 25.2 Å². The van der Waals surface area contributed by atoms with Crippen LogP contribution in [0, 0.1) is 0 Å². The van der Waals surface area contributed by atoms with Crippen LogP contribution in [-0.4, -0.2) is 59.2 Å². The van der Waals surface area contributed by atoms with Crippen molar-refractivity contribution >= 4 is 33.2 Å². The second-order valence-corrected chi connectivity index (χ2v) is 10.4. The highest BCUT2D eigenvalue weighted by Crippen LogP contribution is 2.25.